The van der Waals surface area contributed by atoms with E-state index in [9.17, 15) is 30.2 Å². The molecule has 0 radical (unpaired) electrons. The number of guanidine groups is 1. The Morgan fingerprint density at radius 3 is 2.68 bits per heavy atom. The van der Waals surface area contributed by atoms with Gasteiger partial charge in [0, 0.05) is 11.1 Å². The van der Waals surface area contributed by atoms with E-state index in [-0.39, 0.29) is 24.7 Å². The van der Waals surface area contributed by atoms with Gasteiger partial charge in [-0.3, -0.25) is 4.79 Å². The van der Waals surface area contributed by atoms with E-state index >= 15 is 0 Å². The number of phenolic OH excluding ortho intramolecular Hbond substituents is 3. The van der Waals surface area contributed by atoms with Crippen molar-refractivity contribution in [2.45, 2.75) is 6.54 Å². The molecule has 0 bridgehead atoms. The molecule has 0 saturated carbocycles. The highest BCUT2D eigenvalue weighted by Gasteiger charge is 2.26. The van der Waals surface area contributed by atoms with Crippen molar-refractivity contribution in [2.75, 3.05) is 13.8 Å². The SMILES string of the molecule is COc1ccc(C=NNC(=O)c2cc(O)c(O)c(O)c2)cc1CN1CN=C([N+](=O)[O-])N1. The van der Waals surface area contributed by atoms with Crippen molar-refractivity contribution >= 4 is 18.1 Å². The van der Waals surface area contributed by atoms with E-state index in [2.05, 4.69) is 20.9 Å². The Labute approximate surface area is 175 Å². The number of benzene rings is 2. The van der Waals surface area contributed by atoms with Gasteiger partial charge in [0.25, 0.3) is 5.91 Å². The summed E-state index contributed by atoms with van der Waals surface area (Å²) < 4.78 is 5.31. The molecule has 5 N–H and O–H groups in total. The number of nitrogens with zero attached hydrogens (tertiary/aromatic N) is 4. The predicted molar refractivity (Wildman–Crippen MR) is 107 cm³/mol. The molecule has 13 heteroatoms. The fraction of sp³-hybridized carbons (Fsp3) is 0.167. The summed E-state index contributed by atoms with van der Waals surface area (Å²) in [5, 5.41) is 44.4. The number of ether oxygens (including phenoxy) is 1. The van der Waals surface area contributed by atoms with Crippen LogP contribution in [0.3, 0.4) is 0 Å². The largest absolute Gasteiger partial charge is 0.504 e. The van der Waals surface area contributed by atoms with Crippen molar-refractivity contribution in [3.8, 4) is 23.0 Å². The van der Waals surface area contributed by atoms with Crippen LogP contribution in [0.15, 0.2) is 40.4 Å². The molecule has 1 amide bonds. The third-order valence-corrected chi connectivity index (χ3v) is 4.20. The molecule has 0 aromatic heterocycles. The van der Waals surface area contributed by atoms with Gasteiger partial charge >= 0.3 is 5.96 Å². The Balaban J connectivity index is 1.68. The van der Waals surface area contributed by atoms with Gasteiger partial charge in [-0.1, -0.05) is 4.99 Å². The van der Waals surface area contributed by atoms with Gasteiger partial charge in [0.15, 0.2) is 23.9 Å². The van der Waals surface area contributed by atoms with E-state index in [4.69, 9.17) is 4.74 Å². The number of methoxy groups -OCH3 is 1. The molecule has 2 aromatic rings. The predicted octanol–water partition coefficient (Wildman–Crippen LogP) is 0.486. The quantitative estimate of drug-likeness (QED) is 0.188. The van der Waals surface area contributed by atoms with E-state index in [0.29, 0.717) is 16.9 Å². The number of phenols is 3. The maximum atomic E-state index is 12.1. The third-order valence-electron chi connectivity index (χ3n) is 4.20. The number of nitro groups is 1. The zero-order valence-electron chi connectivity index (χ0n) is 16.1. The van der Waals surface area contributed by atoms with Crippen LogP contribution in [-0.2, 0) is 6.54 Å². The van der Waals surface area contributed by atoms with Gasteiger partial charge in [-0.25, -0.2) is 5.43 Å². The Hall–Kier alpha value is -4.39. The van der Waals surface area contributed by atoms with E-state index in [0.717, 1.165) is 12.1 Å². The summed E-state index contributed by atoms with van der Waals surface area (Å²) in [6.07, 6.45) is 1.36. The minimum atomic E-state index is -0.728. The lowest BCUT2D eigenvalue weighted by molar-refractivity contribution is -0.356. The van der Waals surface area contributed by atoms with Crippen LogP contribution in [-0.4, -0.2) is 57.1 Å². The zero-order valence-corrected chi connectivity index (χ0v) is 16.1. The lowest BCUT2D eigenvalue weighted by Crippen LogP contribution is -2.38. The first-order chi connectivity index (χ1) is 14.8. The maximum absolute atomic E-state index is 12.1. The smallest absolute Gasteiger partial charge is 0.441 e. The molecular weight excluding hydrogens is 412 g/mol. The average molecular weight is 430 g/mol. The van der Waals surface area contributed by atoms with Gasteiger partial charge < -0.3 is 30.2 Å². The lowest BCUT2D eigenvalue weighted by atomic mass is 10.1. The number of nitrogens with one attached hydrogen (secondary N) is 2. The highest BCUT2D eigenvalue weighted by molar-refractivity contribution is 5.96. The van der Waals surface area contributed by atoms with Crippen LogP contribution in [0.2, 0.25) is 0 Å². The molecule has 2 aromatic carbocycles. The monoisotopic (exact) mass is 430 g/mol. The number of aromatic hydroxyl groups is 3. The molecule has 0 spiro atoms. The highest BCUT2D eigenvalue weighted by atomic mass is 16.6. The van der Waals surface area contributed by atoms with E-state index in [1.54, 1.807) is 18.2 Å². The van der Waals surface area contributed by atoms with Gasteiger partial charge in [0.2, 0.25) is 0 Å². The minimum Gasteiger partial charge on any atom is -0.504 e. The molecule has 0 aliphatic carbocycles. The summed E-state index contributed by atoms with van der Waals surface area (Å²) >= 11 is 0. The van der Waals surface area contributed by atoms with Crippen molar-refractivity contribution in [2.24, 2.45) is 10.1 Å². The molecule has 0 atom stereocenters. The van der Waals surface area contributed by atoms with Crippen LogP contribution < -0.4 is 15.6 Å². The fourth-order valence-electron chi connectivity index (χ4n) is 2.73. The van der Waals surface area contributed by atoms with Crippen molar-refractivity contribution in [1.29, 1.82) is 0 Å². The van der Waals surface area contributed by atoms with Crippen LogP contribution in [0.25, 0.3) is 0 Å². The standard InChI is InChI=1S/C18H18N6O7/c1-31-15-3-2-10(4-12(15)8-23-9-19-18(22-23)24(29)30)7-20-21-17(28)11-5-13(25)16(27)14(26)6-11/h2-7,25-27H,8-9H2,1H3,(H,19,22)(H,21,28). The number of carbonyl (C=O) groups is 1. The highest BCUT2D eigenvalue weighted by Crippen LogP contribution is 2.35. The molecule has 13 nitrogen and oxygen atoms in total. The first-order valence-corrected chi connectivity index (χ1v) is 8.74. The van der Waals surface area contributed by atoms with Gasteiger partial charge in [-0.15, -0.1) is 5.01 Å². The number of hydrogen-bond donors (Lipinski definition) is 5. The molecule has 31 heavy (non-hydrogen) atoms. The number of carbonyl (C=O) groups excluding carboxylic acids is 1. The Bertz CT molecular complexity index is 1060. The Morgan fingerprint density at radius 1 is 1.35 bits per heavy atom. The summed E-state index contributed by atoms with van der Waals surface area (Å²) in [6.45, 7) is 0.351. The Morgan fingerprint density at radius 2 is 2.06 bits per heavy atom. The van der Waals surface area contributed by atoms with Gasteiger partial charge in [0.1, 0.15) is 5.75 Å². The maximum Gasteiger partial charge on any atom is 0.441 e. The number of rotatable bonds is 6. The second-order valence-corrected chi connectivity index (χ2v) is 6.32. The first-order valence-electron chi connectivity index (χ1n) is 8.74. The summed E-state index contributed by atoms with van der Waals surface area (Å²) in [5.41, 5.74) is 6.00. The van der Waals surface area contributed by atoms with Crippen molar-refractivity contribution in [1.82, 2.24) is 15.9 Å². The number of hydrazone groups is 1. The van der Waals surface area contributed by atoms with Crippen LogP contribution in [0.5, 0.6) is 23.0 Å². The third kappa shape index (κ3) is 4.97. The van der Waals surface area contributed by atoms with Crippen LogP contribution in [0.4, 0.5) is 0 Å². The topological polar surface area (TPSA) is 182 Å². The average Bonchev–Trinajstić information content (AvgIpc) is 3.20. The molecule has 1 aliphatic rings. The first kappa shape index (κ1) is 21.3. The summed E-state index contributed by atoms with van der Waals surface area (Å²) in [5.74, 6) is -2.53. The molecule has 0 saturated heterocycles. The number of hydrogen-bond acceptors (Lipinski definition) is 11. The summed E-state index contributed by atoms with van der Waals surface area (Å²) in [7, 11) is 1.49. The molecule has 1 heterocycles. The molecule has 1 aliphatic heterocycles. The van der Waals surface area contributed by atoms with Gasteiger partial charge in [0.05, 0.1) is 19.9 Å². The van der Waals surface area contributed by atoms with E-state index in [1.165, 1.54) is 18.3 Å². The summed E-state index contributed by atoms with van der Waals surface area (Å²) in [4.78, 5) is 26.0. The number of hydrazine groups is 1. The number of amides is 1. The van der Waals surface area contributed by atoms with E-state index < -0.39 is 28.1 Å². The molecule has 0 unspecified atom stereocenters. The lowest BCUT2D eigenvalue weighted by Gasteiger charge is -2.14. The molecule has 3 rings (SSSR count). The summed E-state index contributed by atoms with van der Waals surface area (Å²) in [6, 6.07) is 7.05. The van der Waals surface area contributed by atoms with E-state index in [1.807, 2.05) is 0 Å². The van der Waals surface area contributed by atoms with Crippen molar-refractivity contribution < 1.29 is 29.8 Å². The van der Waals surface area contributed by atoms with Crippen molar-refractivity contribution in [3.05, 3.63) is 57.1 Å². The normalized spacial score (nSPS) is 13.6. The van der Waals surface area contributed by atoms with Crippen molar-refractivity contribution in [3.63, 3.8) is 0 Å². The van der Waals surface area contributed by atoms with Crippen LogP contribution in [0.1, 0.15) is 21.5 Å². The zero-order chi connectivity index (χ0) is 22.5. The second kappa shape index (κ2) is 8.96. The van der Waals surface area contributed by atoms with Gasteiger partial charge in [-0.2, -0.15) is 10.5 Å². The fourth-order valence-corrected chi connectivity index (χ4v) is 2.73. The molecule has 162 valence electrons. The minimum absolute atomic E-state index is 0.0974. The number of aliphatic imine (C=N–C) groups is 1. The van der Waals surface area contributed by atoms with Gasteiger partial charge in [-0.05, 0) is 40.8 Å². The Kier molecular flexibility index (Phi) is 6.16. The molecular formula is C18H18N6O7. The van der Waals surface area contributed by atoms with Crippen LogP contribution >= 0.6 is 0 Å². The van der Waals surface area contributed by atoms with Crippen LogP contribution in [0, 0.1) is 10.1 Å². The molecule has 0 fully saturated rings. The second-order valence-electron chi connectivity index (χ2n) is 6.32.